The van der Waals surface area contributed by atoms with E-state index in [2.05, 4.69) is 10.3 Å². The first-order valence-electron chi connectivity index (χ1n) is 10.0. The van der Waals surface area contributed by atoms with E-state index < -0.39 is 5.60 Å². The van der Waals surface area contributed by atoms with E-state index in [0.29, 0.717) is 42.6 Å². The van der Waals surface area contributed by atoms with E-state index in [1.165, 1.54) is 0 Å². The maximum absolute atomic E-state index is 12.8. The Morgan fingerprint density at radius 1 is 1.10 bits per heavy atom. The molecule has 0 saturated heterocycles. The molecule has 0 radical (unpaired) electrons. The summed E-state index contributed by atoms with van der Waals surface area (Å²) >= 11 is 0. The second-order valence-electron chi connectivity index (χ2n) is 7.70. The quantitative estimate of drug-likeness (QED) is 0.630. The third-order valence-electron chi connectivity index (χ3n) is 4.86. The van der Waals surface area contributed by atoms with E-state index in [1.54, 1.807) is 50.4 Å². The Morgan fingerprint density at radius 3 is 2.58 bits per heavy atom. The molecule has 7 nitrogen and oxygen atoms in total. The fourth-order valence-electron chi connectivity index (χ4n) is 3.15. The van der Waals surface area contributed by atoms with Gasteiger partial charge in [0.25, 0.3) is 5.91 Å². The lowest BCUT2D eigenvalue weighted by atomic mass is 9.97. The number of aromatic nitrogens is 1. The lowest BCUT2D eigenvalue weighted by Gasteiger charge is -2.19. The number of amides is 1. The number of hydrogen-bond acceptors (Lipinski definition) is 6. The Morgan fingerprint density at radius 2 is 1.84 bits per heavy atom. The number of carbonyl (C=O) groups excluding carboxylic acids is 1. The summed E-state index contributed by atoms with van der Waals surface area (Å²) in [5, 5.41) is 12.9. The van der Waals surface area contributed by atoms with Gasteiger partial charge in [-0.2, -0.15) is 0 Å². The summed E-state index contributed by atoms with van der Waals surface area (Å²) in [4.78, 5) is 17.0. The van der Waals surface area contributed by atoms with E-state index in [4.69, 9.17) is 14.2 Å². The monoisotopic (exact) mass is 420 g/mol. The number of fused-ring (bicyclic) bond motifs is 1. The molecule has 1 aliphatic heterocycles. The predicted molar refractivity (Wildman–Crippen MR) is 115 cm³/mol. The van der Waals surface area contributed by atoms with Crippen molar-refractivity contribution in [1.82, 2.24) is 10.3 Å². The molecule has 0 unspecified atom stereocenters. The number of carbonyl (C=O) groups is 1. The van der Waals surface area contributed by atoms with Crippen LogP contribution in [0.25, 0.3) is 0 Å². The molecule has 0 bridgehead atoms. The van der Waals surface area contributed by atoms with Gasteiger partial charge in [0, 0.05) is 18.8 Å². The molecule has 0 fully saturated rings. The van der Waals surface area contributed by atoms with E-state index >= 15 is 0 Å². The van der Waals surface area contributed by atoms with Gasteiger partial charge in [-0.1, -0.05) is 24.3 Å². The summed E-state index contributed by atoms with van der Waals surface area (Å²) in [5.41, 5.74) is 1.15. The Balaban J connectivity index is 1.45. The lowest BCUT2D eigenvalue weighted by Crippen LogP contribution is -2.23. The Kier molecular flexibility index (Phi) is 5.77. The number of ether oxygens (including phenoxy) is 3. The Bertz CT molecular complexity index is 1070. The van der Waals surface area contributed by atoms with Crippen LogP contribution in [0.5, 0.6) is 23.1 Å². The molecular formula is C24H24N2O5. The van der Waals surface area contributed by atoms with Crippen LogP contribution in [0.1, 0.15) is 35.3 Å². The van der Waals surface area contributed by atoms with Crippen LogP contribution < -0.4 is 19.5 Å². The average molecular weight is 420 g/mol. The van der Waals surface area contributed by atoms with Gasteiger partial charge in [0.1, 0.15) is 24.5 Å². The zero-order chi connectivity index (χ0) is 21.8. The summed E-state index contributed by atoms with van der Waals surface area (Å²) in [7, 11) is 0. The van der Waals surface area contributed by atoms with E-state index in [0.717, 1.165) is 11.1 Å². The van der Waals surface area contributed by atoms with E-state index in [-0.39, 0.29) is 11.8 Å². The van der Waals surface area contributed by atoms with Gasteiger partial charge in [-0.15, -0.1) is 0 Å². The fraction of sp³-hybridized carbons (Fsp3) is 0.250. The molecule has 3 aromatic rings. The first kappa shape index (κ1) is 20.7. The number of pyridine rings is 1. The molecule has 0 aliphatic carbocycles. The highest BCUT2D eigenvalue weighted by Crippen LogP contribution is 2.35. The van der Waals surface area contributed by atoms with E-state index in [1.807, 2.05) is 24.3 Å². The summed E-state index contributed by atoms with van der Waals surface area (Å²) in [5.74, 6) is 1.66. The summed E-state index contributed by atoms with van der Waals surface area (Å²) < 4.78 is 17.0. The minimum Gasteiger partial charge on any atom is -0.486 e. The highest BCUT2D eigenvalue weighted by atomic mass is 16.6. The summed E-state index contributed by atoms with van der Waals surface area (Å²) in [6.07, 6.45) is 1.57. The second-order valence-corrected chi connectivity index (χ2v) is 7.70. The molecule has 1 aliphatic rings. The van der Waals surface area contributed by atoms with Crippen LogP contribution in [0.3, 0.4) is 0 Å². The third-order valence-corrected chi connectivity index (χ3v) is 4.86. The molecule has 0 spiro atoms. The fourth-order valence-corrected chi connectivity index (χ4v) is 3.15. The molecule has 1 aromatic heterocycles. The molecule has 2 heterocycles. The Labute approximate surface area is 180 Å². The molecule has 0 atom stereocenters. The lowest BCUT2D eigenvalue weighted by molar-refractivity contribution is 0.0785. The molecule has 7 heteroatoms. The summed E-state index contributed by atoms with van der Waals surface area (Å²) in [6, 6.07) is 16.0. The SMILES string of the molecule is CC(C)(O)c1ccc(CNC(=O)c2cccnc2Oc2ccc3c(c2)OCCO3)cc1. The zero-order valence-corrected chi connectivity index (χ0v) is 17.4. The first-order valence-corrected chi connectivity index (χ1v) is 10.0. The number of benzene rings is 2. The smallest absolute Gasteiger partial charge is 0.257 e. The van der Waals surface area contributed by atoms with Crippen molar-refractivity contribution < 1.29 is 24.1 Å². The molecule has 160 valence electrons. The normalized spacial score (nSPS) is 12.9. The van der Waals surface area contributed by atoms with Gasteiger partial charge >= 0.3 is 0 Å². The van der Waals surface area contributed by atoms with Gasteiger partial charge in [-0.25, -0.2) is 4.98 Å². The number of nitrogens with zero attached hydrogens (tertiary/aromatic N) is 1. The van der Waals surface area contributed by atoms with E-state index in [9.17, 15) is 9.90 Å². The molecule has 31 heavy (non-hydrogen) atoms. The third kappa shape index (κ3) is 4.95. The van der Waals surface area contributed by atoms with Crippen molar-refractivity contribution in [3.63, 3.8) is 0 Å². The van der Waals surface area contributed by atoms with Crippen LogP contribution in [0, 0.1) is 0 Å². The van der Waals surface area contributed by atoms with Gasteiger partial charge in [0.2, 0.25) is 5.88 Å². The molecule has 4 rings (SSSR count). The number of rotatable bonds is 6. The predicted octanol–water partition coefficient (Wildman–Crippen LogP) is 3.80. The average Bonchev–Trinajstić information content (AvgIpc) is 2.77. The van der Waals surface area contributed by atoms with Gasteiger partial charge < -0.3 is 24.6 Å². The highest BCUT2D eigenvalue weighted by molar-refractivity contribution is 5.96. The van der Waals surface area contributed by atoms with Crippen LogP contribution in [-0.2, 0) is 12.1 Å². The maximum Gasteiger partial charge on any atom is 0.257 e. The van der Waals surface area contributed by atoms with Crippen molar-refractivity contribution in [2.75, 3.05) is 13.2 Å². The summed E-state index contributed by atoms with van der Waals surface area (Å²) in [6.45, 7) is 4.79. The van der Waals surface area contributed by atoms with Crippen molar-refractivity contribution in [2.45, 2.75) is 26.0 Å². The van der Waals surface area contributed by atoms with Gasteiger partial charge in [0.15, 0.2) is 11.5 Å². The first-order chi connectivity index (χ1) is 14.9. The Hall–Kier alpha value is -3.58. The van der Waals surface area contributed by atoms with Crippen molar-refractivity contribution in [1.29, 1.82) is 0 Å². The number of hydrogen-bond donors (Lipinski definition) is 2. The molecule has 2 N–H and O–H groups in total. The van der Waals surface area contributed by atoms with Crippen LogP contribution in [-0.4, -0.2) is 29.2 Å². The topological polar surface area (TPSA) is 89.9 Å². The molecule has 0 saturated carbocycles. The minimum atomic E-state index is -0.905. The highest BCUT2D eigenvalue weighted by Gasteiger charge is 2.18. The molecule has 1 amide bonds. The van der Waals surface area contributed by atoms with Crippen molar-refractivity contribution >= 4 is 5.91 Å². The van der Waals surface area contributed by atoms with Crippen LogP contribution in [0.4, 0.5) is 0 Å². The maximum atomic E-state index is 12.8. The number of aliphatic hydroxyl groups is 1. The molecule has 2 aromatic carbocycles. The van der Waals surface area contributed by atoms with Crippen LogP contribution >= 0.6 is 0 Å². The standard InChI is InChI=1S/C24H24N2O5/c1-24(2,28)17-7-5-16(6-8-17)15-26-22(27)19-4-3-11-25-23(19)31-18-9-10-20-21(14-18)30-13-12-29-20/h3-11,14,28H,12-13,15H2,1-2H3,(H,26,27). The van der Waals surface area contributed by atoms with Crippen molar-refractivity contribution in [2.24, 2.45) is 0 Å². The van der Waals surface area contributed by atoms with Gasteiger partial charge in [-0.05, 0) is 49.2 Å². The van der Waals surface area contributed by atoms with Crippen molar-refractivity contribution in [3.8, 4) is 23.1 Å². The van der Waals surface area contributed by atoms with Gasteiger partial charge in [-0.3, -0.25) is 4.79 Å². The zero-order valence-electron chi connectivity index (χ0n) is 17.4. The minimum absolute atomic E-state index is 0.203. The largest absolute Gasteiger partial charge is 0.486 e. The molecular weight excluding hydrogens is 396 g/mol. The van der Waals surface area contributed by atoms with Gasteiger partial charge in [0.05, 0.1) is 5.60 Å². The number of nitrogens with one attached hydrogen (secondary N) is 1. The van der Waals surface area contributed by atoms with Crippen molar-refractivity contribution in [3.05, 3.63) is 77.5 Å². The van der Waals surface area contributed by atoms with Crippen LogP contribution in [0.15, 0.2) is 60.8 Å². The van der Waals surface area contributed by atoms with Crippen LogP contribution in [0.2, 0.25) is 0 Å². The second kappa shape index (κ2) is 8.65.